The van der Waals surface area contributed by atoms with Gasteiger partial charge in [0, 0.05) is 17.1 Å². The normalized spacial score (nSPS) is 11.6. The molecule has 0 heterocycles. The zero-order valence-corrected chi connectivity index (χ0v) is 20.7. The van der Waals surface area contributed by atoms with E-state index in [0.717, 1.165) is 9.87 Å². The van der Waals surface area contributed by atoms with E-state index >= 15 is 0 Å². The van der Waals surface area contributed by atoms with Gasteiger partial charge in [-0.3, -0.25) is 4.79 Å². The van der Waals surface area contributed by atoms with Gasteiger partial charge in [-0.25, -0.2) is 13.8 Å². The maximum atomic E-state index is 13.3. The zero-order chi connectivity index (χ0) is 25.3. The van der Waals surface area contributed by atoms with E-state index < -0.39 is 22.5 Å². The fraction of sp³-hybridized carbons (Fsp3) is 0.200. The lowest BCUT2D eigenvalue weighted by molar-refractivity contribution is -0.121. The predicted molar refractivity (Wildman–Crippen MR) is 135 cm³/mol. The Morgan fingerprint density at radius 3 is 2.49 bits per heavy atom. The van der Waals surface area contributed by atoms with E-state index in [2.05, 4.69) is 10.5 Å². The quantitative estimate of drug-likeness (QED) is 0.298. The molecule has 0 aliphatic carbocycles. The molecule has 0 spiro atoms. The first-order valence-electron chi connectivity index (χ1n) is 10.9. The molecule has 0 aromatic heterocycles. The SMILES string of the molecule is CCOc1cccc(/C=N\NC(=O)CN(CCc2ccccc2)S(=O)(=O)c2ccc(Cl)cc2)c1O. The Bertz CT molecular complexity index is 1270. The van der Waals surface area contributed by atoms with Gasteiger partial charge in [0.1, 0.15) is 0 Å². The van der Waals surface area contributed by atoms with Crippen molar-refractivity contribution in [3.8, 4) is 11.5 Å². The number of nitrogens with zero attached hydrogens (tertiary/aromatic N) is 2. The third-order valence-corrected chi connectivity index (χ3v) is 7.10. The van der Waals surface area contributed by atoms with Gasteiger partial charge in [0.2, 0.25) is 10.0 Å². The van der Waals surface area contributed by atoms with E-state index in [1.165, 1.54) is 30.5 Å². The summed E-state index contributed by atoms with van der Waals surface area (Å²) in [6, 6.07) is 20.0. The lowest BCUT2D eigenvalue weighted by Gasteiger charge is -2.21. The first-order chi connectivity index (χ1) is 16.8. The van der Waals surface area contributed by atoms with Crippen LogP contribution in [0.3, 0.4) is 0 Å². The lowest BCUT2D eigenvalue weighted by Crippen LogP contribution is -2.40. The van der Waals surface area contributed by atoms with Gasteiger partial charge in [0.15, 0.2) is 11.5 Å². The first-order valence-corrected chi connectivity index (χ1v) is 12.7. The van der Waals surface area contributed by atoms with Crippen LogP contribution in [0.2, 0.25) is 5.02 Å². The Morgan fingerprint density at radius 1 is 1.09 bits per heavy atom. The maximum absolute atomic E-state index is 13.3. The molecule has 3 aromatic rings. The third-order valence-electron chi connectivity index (χ3n) is 4.99. The van der Waals surface area contributed by atoms with E-state index in [1.807, 2.05) is 30.3 Å². The molecule has 8 nitrogen and oxygen atoms in total. The number of nitrogens with one attached hydrogen (secondary N) is 1. The molecule has 10 heteroatoms. The van der Waals surface area contributed by atoms with Crippen LogP contribution in [0.4, 0.5) is 0 Å². The fourth-order valence-corrected chi connectivity index (χ4v) is 4.75. The molecule has 0 aliphatic heterocycles. The highest BCUT2D eigenvalue weighted by molar-refractivity contribution is 7.89. The summed E-state index contributed by atoms with van der Waals surface area (Å²) in [5.74, 6) is -0.446. The molecule has 3 aromatic carbocycles. The van der Waals surface area contributed by atoms with E-state index in [1.54, 1.807) is 25.1 Å². The highest BCUT2D eigenvalue weighted by Crippen LogP contribution is 2.28. The van der Waals surface area contributed by atoms with Gasteiger partial charge in [-0.2, -0.15) is 9.41 Å². The van der Waals surface area contributed by atoms with E-state index in [0.29, 0.717) is 29.4 Å². The highest BCUT2D eigenvalue weighted by Gasteiger charge is 2.26. The van der Waals surface area contributed by atoms with Crippen LogP contribution < -0.4 is 10.2 Å². The van der Waals surface area contributed by atoms with E-state index in [4.69, 9.17) is 16.3 Å². The van der Waals surface area contributed by atoms with Crippen molar-refractivity contribution in [1.29, 1.82) is 0 Å². The number of phenols is 1. The molecular weight excluding hydrogens is 490 g/mol. The minimum atomic E-state index is -3.97. The fourth-order valence-electron chi connectivity index (χ4n) is 3.22. The van der Waals surface area contributed by atoms with Gasteiger partial charge in [-0.15, -0.1) is 0 Å². The number of hydrogen-bond acceptors (Lipinski definition) is 6. The molecule has 35 heavy (non-hydrogen) atoms. The molecule has 3 rings (SSSR count). The Balaban J connectivity index is 1.74. The molecule has 2 N–H and O–H groups in total. The molecule has 0 saturated heterocycles. The average Bonchev–Trinajstić information content (AvgIpc) is 2.85. The number of hydrazone groups is 1. The lowest BCUT2D eigenvalue weighted by atomic mass is 10.1. The third kappa shape index (κ3) is 7.29. The molecule has 0 atom stereocenters. The van der Waals surface area contributed by atoms with Crippen molar-refractivity contribution in [3.05, 3.63) is 88.9 Å². The second-order valence-electron chi connectivity index (χ2n) is 7.45. The van der Waals surface area contributed by atoms with Crippen LogP contribution >= 0.6 is 11.6 Å². The van der Waals surface area contributed by atoms with Gasteiger partial charge in [0.25, 0.3) is 5.91 Å². The summed E-state index contributed by atoms with van der Waals surface area (Å²) in [5.41, 5.74) is 3.60. The monoisotopic (exact) mass is 515 g/mol. The predicted octanol–water partition coefficient (Wildman–Crippen LogP) is 3.83. The number of ether oxygens (including phenoxy) is 1. The van der Waals surface area contributed by atoms with Gasteiger partial charge < -0.3 is 9.84 Å². The second-order valence-corrected chi connectivity index (χ2v) is 9.82. The van der Waals surface area contributed by atoms with Crippen LogP contribution in [0, 0.1) is 0 Å². The number of amides is 1. The molecule has 0 saturated carbocycles. The van der Waals surface area contributed by atoms with Gasteiger partial charge in [-0.1, -0.05) is 48.0 Å². The number of halogens is 1. The van der Waals surface area contributed by atoms with Crippen LogP contribution in [0.5, 0.6) is 11.5 Å². The largest absolute Gasteiger partial charge is 0.504 e. The number of rotatable bonds is 11. The molecule has 1 amide bonds. The summed E-state index contributed by atoms with van der Waals surface area (Å²) >= 11 is 5.90. The number of aromatic hydroxyl groups is 1. The van der Waals surface area contributed by atoms with E-state index in [-0.39, 0.29) is 17.2 Å². The Morgan fingerprint density at radius 2 is 1.80 bits per heavy atom. The number of carbonyl (C=O) groups is 1. The van der Waals surface area contributed by atoms with Crippen LogP contribution in [0.15, 0.2) is 82.8 Å². The summed E-state index contributed by atoms with van der Waals surface area (Å²) in [4.78, 5) is 12.6. The van der Waals surface area contributed by atoms with Crippen molar-refractivity contribution in [1.82, 2.24) is 9.73 Å². The van der Waals surface area contributed by atoms with Crippen molar-refractivity contribution in [3.63, 3.8) is 0 Å². The zero-order valence-electron chi connectivity index (χ0n) is 19.1. The molecular formula is C25H26ClN3O5S. The molecule has 0 unspecified atom stereocenters. The summed E-state index contributed by atoms with van der Waals surface area (Å²) < 4.78 is 32.9. The van der Waals surface area contributed by atoms with Crippen LogP contribution in [-0.2, 0) is 21.2 Å². The average molecular weight is 516 g/mol. The Labute approximate surface area is 209 Å². The standard InChI is InChI=1S/C25H26ClN3O5S/c1-2-34-23-10-6-9-20(25(23)31)17-27-28-24(30)18-29(16-15-19-7-4-3-5-8-19)35(32,33)22-13-11-21(26)12-14-22/h3-14,17,31H,2,15-16,18H2,1H3,(H,28,30)/b27-17-. The molecule has 0 fully saturated rings. The number of carbonyl (C=O) groups excluding carboxylic acids is 1. The van der Waals surface area contributed by atoms with Gasteiger partial charge in [-0.05, 0) is 55.3 Å². The smallest absolute Gasteiger partial charge is 0.255 e. The van der Waals surface area contributed by atoms with Crippen molar-refractivity contribution in [2.24, 2.45) is 5.10 Å². The summed E-state index contributed by atoms with van der Waals surface area (Å²) in [7, 11) is -3.97. The summed E-state index contributed by atoms with van der Waals surface area (Å²) in [6.07, 6.45) is 1.68. The summed E-state index contributed by atoms with van der Waals surface area (Å²) in [5, 5.41) is 14.5. The summed E-state index contributed by atoms with van der Waals surface area (Å²) in [6.45, 7) is 1.82. The van der Waals surface area contributed by atoms with Gasteiger partial charge >= 0.3 is 0 Å². The van der Waals surface area contributed by atoms with E-state index in [9.17, 15) is 18.3 Å². The molecule has 0 aliphatic rings. The number of benzene rings is 3. The first kappa shape index (κ1) is 26.2. The molecule has 0 bridgehead atoms. The number of phenolic OH excluding ortho intramolecular Hbond substituents is 1. The van der Waals surface area contributed by atoms with Crippen LogP contribution in [0.1, 0.15) is 18.1 Å². The Hall–Kier alpha value is -3.40. The van der Waals surface area contributed by atoms with Crippen molar-refractivity contribution in [2.45, 2.75) is 18.2 Å². The number of sulfonamides is 1. The highest BCUT2D eigenvalue weighted by atomic mass is 35.5. The second kappa shape index (κ2) is 12.3. The number of hydrogen-bond donors (Lipinski definition) is 2. The molecule has 0 radical (unpaired) electrons. The van der Waals surface area contributed by atoms with Crippen molar-refractivity contribution in [2.75, 3.05) is 19.7 Å². The van der Waals surface area contributed by atoms with Gasteiger partial charge in [0.05, 0.1) is 24.3 Å². The topological polar surface area (TPSA) is 108 Å². The van der Waals surface area contributed by atoms with Crippen molar-refractivity contribution < 1.29 is 23.1 Å². The minimum Gasteiger partial charge on any atom is -0.504 e. The minimum absolute atomic E-state index is 0.0314. The van der Waals surface area contributed by atoms with Crippen LogP contribution in [0.25, 0.3) is 0 Å². The molecule has 184 valence electrons. The number of para-hydroxylation sites is 1. The maximum Gasteiger partial charge on any atom is 0.255 e. The Kier molecular flexibility index (Phi) is 9.25. The van der Waals surface area contributed by atoms with Crippen LogP contribution in [-0.4, -0.2) is 49.6 Å². The van der Waals surface area contributed by atoms with Crippen molar-refractivity contribution >= 4 is 33.7 Å².